The Kier molecular flexibility index (Phi) is 1.31. The molecule has 7 heavy (non-hydrogen) atoms. The number of hydrogen-bond donors (Lipinski definition) is 0. The van der Waals surface area contributed by atoms with Gasteiger partial charge in [0.25, 0.3) is 0 Å². The monoisotopic (exact) mass is 158 g/mol. The lowest BCUT2D eigenvalue weighted by molar-refractivity contribution is 0.997. The van der Waals surface area contributed by atoms with Gasteiger partial charge in [-0.05, 0) is 15.9 Å². The fourth-order valence-electron chi connectivity index (χ4n) is 0.201. The summed E-state index contributed by atoms with van der Waals surface area (Å²) >= 11 is 3.02. The van der Waals surface area contributed by atoms with E-state index in [0.717, 1.165) is 0 Å². The number of rotatable bonds is 0. The van der Waals surface area contributed by atoms with Crippen molar-refractivity contribution < 1.29 is 0 Å². The molecule has 0 aromatic carbocycles. The van der Waals surface area contributed by atoms with Crippen molar-refractivity contribution in [2.75, 3.05) is 0 Å². The molecule has 35 valence electrons. The van der Waals surface area contributed by atoms with Crippen molar-refractivity contribution in [2.45, 2.75) is 0 Å². The van der Waals surface area contributed by atoms with E-state index in [2.05, 4.69) is 37.2 Å². The van der Waals surface area contributed by atoms with Gasteiger partial charge in [0.2, 0.25) is 6.33 Å². The highest BCUT2D eigenvalue weighted by atomic mass is 79.9. The van der Waals surface area contributed by atoms with E-state index in [9.17, 15) is 0 Å². The molecule has 0 N–H and O–H groups in total. The molecule has 1 heterocycles. The normalized spacial score (nSPS) is 8.71. The highest BCUT2D eigenvalue weighted by Gasteiger charge is 1.79. The van der Waals surface area contributed by atoms with Gasteiger partial charge < -0.3 is 0 Å². The van der Waals surface area contributed by atoms with E-state index in [0.29, 0.717) is 4.73 Å². The molecule has 4 heteroatoms. The minimum absolute atomic E-state index is 0.516. The van der Waals surface area contributed by atoms with Gasteiger partial charge in [0.05, 0.1) is 0 Å². The van der Waals surface area contributed by atoms with Gasteiger partial charge in [-0.15, -0.1) is 0 Å². The lowest BCUT2D eigenvalue weighted by atomic mass is 11.1. The highest BCUT2D eigenvalue weighted by molar-refractivity contribution is 9.10. The Balaban J connectivity index is 3.02. The molecule has 0 saturated carbocycles. The molecule has 0 unspecified atom stereocenters. The number of nitrogens with zero attached hydrogens (tertiary/aromatic N) is 3. The number of halogens is 1. The van der Waals surface area contributed by atoms with Gasteiger partial charge in [-0.25, -0.2) is 9.97 Å². The average molecular weight is 159 g/mol. The van der Waals surface area contributed by atoms with E-state index < -0.39 is 0 Å². The molecule has 0 amide bonds. The summed E-state index contributed by atoms with van der Waals surface area (Å²) < 4.78 is 0.516. The Hall–Kier alpha value is -0.510. The summed E-state index contributed by atoms with van der Waals surface area (Å²) in [5.74, 6) is 0. The van der Waals surface area contributed by atoms with Crippen LogP contribution in [0.25, 0.3) is 0 Å². The van der Waals surface area contributed by atoms with Crippen molar-refractivity contribution in [3.63, 3.8) is 0 Å². The molecule has 1 aromatic heterocycles. The smallest absolute Gasteiger partial charge is 0.201 e. The van der Waals surface area contributed by atoms with E-state index in [4.69, 9.17) is 0 Å². The standard InChI is InChI=1S/C3HBrN3/c4-3-6-1-5-2-7-3/h1H. The first-order valence-corrected chi connectivity index (χ1v) is 2.39. The molecule has 0 aliphatic heterocycles. The van der Waals surface area contributed by atoms with Crippen LogP contribution in [0, 0.1) is 6.33 Å². The summed E-state index contributed by atoms with van der Waals surface area (Å²) in [6.45, 7) is 0. The van der Waals surface area contributed by atoms with Gasteiger partial charge in [0.15, 0.2) is 4.73 Å². The fraction of sp³-hybridized carbons (Fsp3) is 0. The van der Waals surface area contributed by atoms with Crippen LogP contribution in [0.5, 0.6) is 0 Å². The zero-order chi connectivity index (χ0) is 5.11. The van der Waals surface area contributed by atoms with Crippen LogP contribution in [-0.4, -0.2) is 15.0 Å². The van der Waals surface area contributed by atoms with Gasteiger partial charge >= 0.3 is 0 Å². The molecule has 1 rings (SSSR count). The van der Waals surface area contributed by atoms with Crippen LogP contribution in [0.4, 0.5) is 0 Å². The van der Waals surface area contributed by atoms with Gasteiger partial charge in [-0.2, -0.15) is 4.98 Å². The predicted octanol–water partition coefficient (Wildman–Crippen LogP) is 0.434. The minimum atomic E-state index is 0.516. The van der Waals surface area contributed by atoms with Crippen LogP contribution in [0.15, 0.2) is 11.1 Å². The van der Waals surface area contributed by atoms with Gasteiger partial charge in [-0.3, -0.25) is 0 Å². The lowest BCUT2D eigenvalue weighted by Crippen LogP contribution is -1.80. The first kappa shape index (κ1) is 4.64. The third kappa shape index (κ3) is 1.19. The maximum Gasteiger partial charge on any atom is 0.201 e. The Labute approximate surface area is 49.0 Å². The molecule has 1 radical (unpaired) electrons. The molecule has 0 atom stereocenters. The maximum absolute atomic E-state index is 3.64. The van der Waals surface area contributed by atoms with Crippen LogP contribution < -0.4 is 0 Å². The SMILES string of the molecule is Brc1n[c]ncn1. The predicted molar refractivity (Wildman–Crippen MR) is 26.4 cm³/mol. The molecule has 0 saturated heterocycles. The Morgan fingerprint density at radius 3 is 2.86 bits per heavy atom. The molecule has 0 spiro atoms. The number of aromatic nitrogens is 3. The summed E-state index contributed by atoms with van der Waals surface area (Å²) in [7, 11) is 0. The third-order valence-corrected chi connectivity index (χ3v) is 0.804. The minimum Gasteiger partial charge on any atom is -0.213 e. The van der Waals surface area contributed by atoms with Crippen LogP contribution in [-0.2, 0) is 0 Å². The maximum atomic E-state index is 3.64. The van der Waals surface area contributed by atoms with Crippen molar-refractivity contribution >= 4 is 15.9 Å². The van der Waals surface area contributed by atoms with Crippen LogP contribution in [0.3, 0.4) is 0 Å². The third-order valence-electron chi connectivity index (χ3n) is 0.422. The highest BCUT2D eigenvalue weighted by Crippen LogP contribution is 1.92. The fourth-order valence-corrected chi connectivity index (χ4v) is 0.372. The largest absolute Gasteiger partial charge is 0.213 e. The van der Waals surface area contributed by atoms with Gasteiger partial charge in [-0.1, -0.05) is 0 Å². The van der Waals surface area contributed by atoms with Crippen LogP contribution in [0.1, 0.15) is 0 Å². The van der Waals surface area contributed by atoms with Crippen molar-refractivity contribution in [3.05, 3.63) is 17.4 Å². The average Bonchev–Trinajstić information content (AvgIpc) is 1.69. The molecule has 0 aliphatic carbocycles. The van der Waals surface area contributed by atoms with Gasteiger partial charge in [0, 0.05) is 0 Å². The van der Waals surface area contributed by atoms with E-state index in [1.54, 1.807) is 0 Å². The second-order valence-corrected chi connectivity index (χ2v) is 1.56. The summed E-state index contributed by atoms with van der Waals surface area (Å²) in [5, 5.41) is 0. The second kappa shape index (κ2) is 1.97. The Bertz CT molecular complexity index is 140. The summed E-state index contributed by atoms with van der Waals surface area (Å²) in [6.07, 6.45) is 3.72. The van der Waals surface area contributed by atoms with Crippen molar-refractivity contribution in [1.82, 2.24) is 15.0 Å². The summed E-state index contributed by atoms with van der Waals surface area (Å²) in [4.78, 5) is 10.7. The molecule has 1 aromatic rings. The van der Waals surface area contributed by atoms with E-state index in [-0.39, 0.29) is 0 Å². The number of hydrogen-bond acceptors (Lipinski definition) is 3. The Morgan fingerprint density at radius 1 is 1.71 bits per heavy atom. The molecule has 0 bridgehead atoms. The molecular weight excluding hydrogens is 158 g/mol. The molecule has 0 aliphatic rings. The first-order chi connectivity index (χ1) is 3.39. The van der Waals surface area contributed by atoms with Gasteiger partial charge in [0.1, 0.15) is 6.33 Å². The van der Waals surface area contributed by atoms with Crippen LogP contribution >= 0.6 is 15.9 Å². The first-order valence-electron chi connectivity index (χ1n) is 1.60. The second-order valence-electron chi connectivity index (χ2n) is 0.855. The summed E-state index contributed by atoms with van der Waals surface area (Å²) in [5.41, 5.74) is 0. The van der Waals surface area contributed by atoms with Crippen LogP contribution in [0.2, 0.25) is 0 Å². The van der Waals surface area contributed by atoms with E-state index in [1.807, 2.05) is 0 Å². The van der Waals surface area contributed by atoms with Crippen molar-refractivity contribution in [1.29, 1.82) is 0 Å². The van der Waals surface area contributed by atoms with E-state index in [1.165, 1.54) is 6.33 Å². The quantitative estimate of drug-likeness (QED) is 0.551. The summed E-state index contributed by atoms with van der Waals surface area (Å²) in [6, 6.07) is 0. The zero-order valence-electron chi connectivity index (χ0n) is 3.30. The van der Waals surface area contributed by atoms with Crippen molar-refractivity contribution in [2.24, 2.45) is 0 Å². The topological polar surface area (TPSA) is 38.7 Å². The Morgan fingerprint density at radius 2 is 2.57 bits per heavy atom. The van der Waals surface area contributed by atoms with Crippen molar-refractivity contribution in [3.8, 4) is 0 Å². The molecular formula is C3HBrN3. The van der Waals surface area contributed by atoms with E-state index >= 15 is 0 Å². The zero-order valence-corrected chi connectivity index (χ0v) is 4.88. The molecule has 0 fully saturated rings. The lowest BCUT2D eigenvalue weighted by Gasteiger charge is -1.77. The molecule has 3 nitrogen and oxygen atoms in total.